The van der Waals surface area contributed by atoms with Gasteiger partial charge in [-0.2, -0.15) is 11.8 Å². The van der Waals surface area contributed by atoms with Gasteiger partial charge >= 0.3 is 5.97 Å². The minimum Gasteiger partial charge on any atom is -0.478 e. The van der Waals surface area contributed by atoms with Crippen LogP contribution in [-0.2, 0) is 0 Å². The second-order valence-electron chi connectivity index (χ2n) is 4.33. The first-order chi connectivity index (χ1) is 9.10. The highest BCUT2D eigenvalue weighted by Crippen LogP contribution is 2.26. The monoisotopic (exact) mass is 280 g/mol. The van der Waals surface area contributed by atoms with Gasteiger partial charge in [0.1, 0.15) is 5.52 Å². The van der Waals surface area contributed by atoms with Gasteiger partial charge in [-0.25, -0.2) is 9.78 Å². The Morgan fingerprint density at radius 2 is 2.26 bits per heavy atom. The van der Waals surface area contributed by atoms with E-state index in [0.29, 0.717) is 5.52 Å². The lowest BCUT2D eigenvalue weighted by Gasteiger charge is -2.22. The van der Waals surface area contributed by atoms with Crippen LogP contribution >= 0.6 is 11.8 Å². The summed E-state index contributed by atoms with van der Waals surface area (Å²) in [5, 5.41) is 18.5. The molecule has 0 radical (unpaired) electrons. The molecule has 2 atom stereocenters. The minimum atomic E-state index is -0.980. The molecule has 0 amide bonds. The summed E-state index contributed by atoms with van der Waals surface area (Å²) in [5.41, 5.74) is 1.47. The number of para-hydroxylation sites is 1. The molecule has 0 saturated heterocycles. The number of imidazole rings is 1. The zero-order valence-corrected chi connectivity index (χ0v) is 11.6. The molecule has 0 aliphatic heterocycles. The van der Waals surface area contributed by atoms with Gasteiger partial charge in [0.25, 0.3) is 0 Å². The first-order valence-electron chi connectivity index (χ1n) is 5.92. The molecule has 102 valence electrons. The SMILES string of the molecule is CSC(CO)C(C)n1cnc2c(C(=O)O)cccc21. The lowest BCUT2D eigenvalue weighted by molar-refractivity contribution is 0.0699. The number of hydrogen-bond acceptors (Lipinski definition) is 4. The summed E-state index contributed by atoms with van der Waals surface area (Å²) in [7, 11) is 0. The molecule has 6 heteroatoms. The molecule has 0 bridgehead atoms. The standard InChI is InChI=1S/C13H16N2O3S/c1-8(11(6-16)19-2)15-7-14-12-9(13(17)18)4-3-5-10(12)15/h3-5,7-8,11,16H,6H2,1-2H3,(H,17,18). The molecular weight excluding hydrogens is 264 g/mol. The highest BCUT2D eigenvalue weighted by atomic mass is 32.2. The van der Waals surface area contributed by atoms with Crippen molar-refractivity contribution < 1.29 is 15.0 Å². The van der Waals surface area contributed by atoms with E-state index in [1.54, 1.807) is 30.2 Å². The van der Waals surface area contributed by atoms with Crippen LogP contribution in [0.3, 0.4) is 0 Å². The number of fused-ring (bicyclic) bond motifs is 1. The Kier molecular flexibility index (Phi) is 4.11. The van der Waals surface area contributed by atoms with Crippen molar-refractivity contribution in [2.75, 3.05) is 12.9 Å². The molecule has 0 aliphatic carbocycles. The Bertz CT molecular complexity index is 593. The molecule has 1 heterocycles. The molecule has 2 unspecified atom stereocenters. The number of aromatic carboxylic acids is 1. The molecule has 2 rings (SSSR count). The largest absolute Gasteiger partial charge is 0.478 e. The Morgan fingerprint density at radius 3 is 2.84 bits per heavy atom. The molecule has 0 aliphatic rings. The fourth-order valence-electron chi connectivity index (χ4n) is 2.16. The van der Waals surface area contributed by atoms with Crippen LogP contribution in [0.25, 0.3) is 11.0 Å². The van der Waals surface area contributed by atoms with Crippen molar-refractivity contribution in [3.63, 3.8) is 0 Å². The summed E-state index contributed by atoms with van der Waals surface area (Å²) in [6, 6.07) is 5.14. The first kappa shape index (κ1) is 13.9. The molecule has 1 aromatic carbocycles. The number of carbonyl (C=O) groups is 1. The zero-order chi connectivity index (χ0) is 14.0. The fourth-order valence-corrected chi connectivity index (χ4v) is 2.83. The number of rotatable bonds is 5. The van der Waals surface area contributed by atoms with Crippen LogP contribution in [0.2, 0.25) is 0 Å². The van der Waals surface area contributed by atoms with Crippen molar-refractivity contribution >= 4 is 28.8 Å². The number of hydrogen-bond donors (Lipinski definition) is 2. The van der Waals surface area contributed by atoms with E-state index in [1.165, 1.54) is 0 Å². The number of aliphatic hydroxyl groups excluding tert-OH is 1. The number of aromatic nitrogens is 2. The molecule has 2 N–H and O–H groups in total. The second kappa shape index (κ2) is 5.63. The third-order valence-electron chi connectivity index (χ3n) is 3.29. The van der Waals surface area contributed by atoms with E-state index in [-0.39, 0.29) is 23.5 Å². The number of carboxylic acids is 1. The third kappa shape index (κ3) is 2.46. The number of benzene rings is 1. The maximum Gasteiger partial charge on any atom is 0.337 e. The predicted molar refractivity (Wildman–Crippen MR) is 75.8 cm³/mol. The average molecular weight is 280 g/mol. The molecule has 19 heavy (non-hydrogen) atoms. The fraction of sp³-hybridized carbons (Fsp3) is 0.385. The Morgan fingerprint density at radius 1 is 1.53 bits per heavy atom. The van der Waals surface area contributed by atoms with E-state index in [9.17, 15) is 9.90 Å². The van der Waals surface area contributed by atoms with Gasteiger partial charge in [-0.15, -0.1) is 0 Å². The number of thioether (sulfide) groups is 1. The van der Waals surface area contributed by atoms with E-state index in [1.807, 2.05) is 23.8 Å². The highest BCUT2D eigenvalue weighted by Gasteiger charge is 2.20. The van der Waals surface area contributed by atoms with Crippen molar-refractivity contribution in [1.82, 2.24) is 9.55 Å². The van der Waals surface area contributed by atoms with Crippen LogP contribution in [0.1, 0.15) is 23.3 Å². The Balaban J connectivity index is 2.52. The van der Waals surface area contributed by atoms with E-state index in [4.69, 9.17) is 5.11 Å². The lowest BCUT2D eigenvalue weighted by Crippen LogP contribution is -2.21. The normalized spacial score (nSPS) is 14.5. The smallest absolute Gasteiger partial charge is 0.337 e. The summed E-state index contributed by atoms with van der Waals surface area (Å²) in [4.78, 5) is 15.4. The molecule has 0 fully saturated rings. The predicted octanol–water partition coefficient (Wildman–Crippen LogP) is 2.02. The van der Waals surface area contributed by atoms with Crippen LogP contribution in [0, 0.1) is 0 Å². The van der Waals surface area contributed by atoms with Gasteiger partial charge in [0.15, 0.2) is 0 Å². The molecule has 0 spiro atoms. The lowest BCUT2D eigenvalue weighted by atomic mass is 10.1. The molecule has 2 aromatic rings. The number of aliphatic hydroxyl groups is 1. The Hall–Kier alpha value is -1.53. The first-order valence-corrected chi connectivity index (χ1v) is 7.21. The third-order valence-corrected chi connectivity index (χ3v) is 4.44. The summed E-state index contributed by atoms with van der Waals surface area (Å²) < 4.78 is 1.92. The van der Waals surface area contributed by atoms with E-state index >= 15 is 0 Å². The summed E-state index contributed by atoms with van der Waals surface area (Å²) in [6.07, 6.45) is 3.58. The van der Waals surface area contributed by atoms with Gasteiger partial charge in [-0.1, -0.05) is 6.07 Å². The van der Waals surface area contributed by atoms with Gasteiger partial charge in [0, 0.05) is 11.3 Å². The van der Waals surface area contributed by atoms with Gasteiger partial charge in [-0.05, 0) is 25.3 Å². The highest BCUT2D eigenvalue weighted by molar-refractivity contribution is 7.99. The van der Waals surface area contributed by atoms with Crippen LogP contribution in [0.4, 0.5) is 0 Å². The van der Waals surface area contributed by atoms with Crippen molar-refractivity contribution in [3.05, 3.63) is 30.1 Å². The quantitative estimate of drug-likeness (QED) is 0.876. The van der Waals surface area contributed by atoms with Crippen molar-refractivity contribution in [3.8, 4) is 0 Å². The molecule has 5 nitrogen and oxygen atoms in total. The van der Waals surface area contributed by atoms with Crippen LogP contribution in [-0.4, -0.2) is 43.8 Å². The van der Waals surface area contributed by atoms with Crippen LogP contribution in [0.15, 0.2) is 24.5 Å². The van der Waals surface area contributed by atoms with Gasteiger partial charge < -0.3 is 14.8 Å². The number of nitrogens with zero attached hydrogens (tertiary/aromatic N) is 2. The van der Waals surface area contributed by atoms with E-state index < -0.39 is 5.97 Å². The molecule has 0 saturated carbocycles. The van der Waals surface area contributed by atoms with Gasteiger partial charge in [0.05, 0.1) is 24.0 Å². The van der Waals surface area contributed by atoms with Crippen molar-refractivity contribution in [2.24, 2.45) is 0 Å². The minimum absolute atomic E-state index is 0.0362. The maximum absolute atomic E-state index is 11.1. The average Bonchev–Trinajstić information content (AvgIpc) is 2.83. The van der Waals surface area contributed by atoms with Crippen LogP contribution < -0.4 is 0 Å². The van der Waals surface area contributed by atoms with E-state index in [0.717, 1.165) is 5.52 Å². The summed E-state index contributed by atoms with van der Waals surface area (Å²) in [5.74, 6) is -0.980. The van der Waals surface area contributed by atoms with Gasteiger partial charge in [-0.3, -0.25) is 0 Å². The van der Waals surface area contributed by atoms with Crippen molar-refractivity contribution in [1.29, 1.82) is 0 Å². The molecular formula is C13H16N2O3S. The number of carboxylic acid groups (broad SMARTS) is 1. The Labute approximate surface area is 115 Å². The maximum atomic E-state index is 11.1. The van der Waals surface area contributed by atoms with E-state index in [2.05, 4.69) is 4.98 Å². The molecule has 1 aromatic heterocycles. The summed E-state index contributed by atoms with van der Waals surface area (Å²) >= 11 is 1.58. The van der Waals surface area contributed by atoms with Gasteiger partial charge in [0.2, 0.25) is 0 Å². The zero-order valence-electron chi connectivity index (χ0n) is 10.8. The van der Waals surface area contributed by atoms with Crippen LogP contribution in [0.5, 0.6) is 0 Å². The summed E-state index contributed by atoms with van der Waals surface area (Å²) in [6.45, 7) is 2.06. The van der Waals surface area contributed by atoms with Crippen molar-refractivity contribution in [2.45, 2.75) is 18.2 Å². The second-order valence-corrected chi connectivity index (χ2v) is 5.40. The topological polar surface area (TPSA) is 75.3 Å².